The molecule has 1 N–H and O–H groups in total. The Bertz CT molecular complexity index is 1190. The van der Waals surface area contributed by atoms with Crippen molar-refractivity contribution in [2.24, 2.45) is 0 Å². The second-order valence-electron chi connectivity index (χ2n) is 6.72. The van der Waals surface area contributed by atoms with Crippen molar-refractivity contribution in [2.45, 2.75) is 13.0 Å². The Morgan fingerprint density at radius 2 is 1.70 bits per heavy atom. The fourth-order valence-corrected chi connectivity index (χ4v) is 3.85. The summed E-state index contributed by atoms with van der Waals surface area (Å²) in [4.78, 5) is 33.4. The molecule has 30 heavy (non-hydrogen) atoms. The van der Waals surface area contributed by atoms with Crippen LogP contribution in [0.1, 0.15) is 5.69 Å². The highest BCUT2D eigenvalue weighted by molar-refractivity contribution is 7.13. The van der Waals surface area contributed by atoms with Crippen LogP contribution in [0.3, 0.4) is 0 Å². The van der Waals surface area contributed by atoms with Gasteiger partial charge < -0.3 is 5.32 Å². The van der Waals surface area contributed by atoms with Crippen molar-refractivity contribution in [3.05, 3.63) is 94.5 Å². The number of rotatable bonds is 7. The molecule has 0 aliphatic carbocycles. The molecular formula is C23H20N4O2S. The summed E-state index contributed by atoms with van der Waals surface area (Å²) in [6, 6.07) is 20.9. The van der Waals surface area contributed by atoms with Crippen LogP contribution in [0, 0.1) is 0 Å². The van der Waals surface area contributed by atoms with Gasteiger partial charge in [-0.05, 0) is 0 Å². The number of hydrogen-bond donors (Lipinski definition) is 1. The third-order valence-corrected chi connectivity index (χ3v) is 5.48. The summed E-state index contributed by atoms with van der Waals surface area (Å²) in [5.41, 5.74) is 3.22. The average Bonchev–Trinajstić information content (AvgIpc) is 3.25. The molecule has 0 saturated heterocycles. The number of hydrogen-bond acceptors (Lipinski definition) is 5. The lowest BCUT2D eigenvalue weighted by Crippen LogP contribution is -2.33. The number of carbonyl (C=O) groups excluding carboxylic acids is 1. The van der Waals surface area contributed by atoms with E-state index in [0.717, 1.165) is 21.8 Å². The Labute approximate surface area is 177 Å². The predicted molar refractivity (Wildman–Crippen MR) is 118 cm³/mol. The van der Waals surface area contributed by atoms with Crippen LogP contribution in [0.5, 0.6) is 0 Å². The molecule has 7 heteroatoms. The third kappa shape index (κ3) is 4.87. The minimum absolute atomic E-state index is 0.0623. The average molecular weight is 417 g/mol. The highest BCUT2D eigenvalue weighted by Crippen LogP contribution is 2.23. The Hall–Kier alpha value is -3.58. The van der Waals surface area contributed by atoms with Gasteiger partial charge in [0.1, 0.15) is 11.6 Å². The van der Waals surface area contributed by atoms with Crippen molar-refractivity contribution in [2.75, 3.05) is 6.54 Å². The lowest BCUT2D eigenvalue weighted by Gasteiger charge is -2.07. The van der Waals surface area contributed by atoms with Crippen molar-refractivity contribution >= 4 is 17.2 Å². The predicted octanol–water partition coefficient (Wildman–Crippen LogP) is 3.39. The van der Waals surface area contributed by atoms with E-state index >= 15 is 0 Å². The van der Waals surface area contributed by atoms with E-state index in [1.807, 2.05) is 66.0 Å². The molecule has 0 fully saturated rings. The van der Waals surface area contributed by atoms with Gasteiger partial charge in [-0.3, -0.25) is 14.2 Å². The Balaban J connectivity index is 1.30. The first-order valence-electron chi connectivity index (χ1n) is 9.57. The van der Waals surface area contributed by atoms with Crippen LogP contribution < -0.4 is 10.9 Å². The van der Waals surface area contributed by atoms with Crippen molar-refractivity contribution in [1.29, 1.82) is 0 Å². The number of nitrogens with one attached hydrogen (secondary N) is 1. The van der Waals surface area contributed by atoms with Crippen LogP contribution in [-0.2, 0) is 17.8 Å². The lowest BCUT2D eigenvalue weighted by molar-refractivity contribution is -0.121. The molecule has 0 aliphatic heterocycles. The zero-order chi connectivity index (χ0) is 20.8. The summed E-state index contributed by atoms with van der Waals surface area (Å²) in [5, 5.41) is 5.81. The largest absolute Gasteiger partial charge is 0.354 e. The molecular weight excluding hydrogens is 396 g/mol. The number of benzene rings is 2. The quantitative estimate of drug-likeness (QED) is 0.501. The topological polar surface area (TPSA) is 76.9 Å². The van der Waals surface area contributed by atoms with Gasteiger partial charge in [0.05, 0.1) is 17.7 Å². The molecule has 150 valence electrons. The zero-order valence-electron chi connectivity index (χ0n) is 16.2. The molecule has 0 radical (unpaired) electrons. The first-order valence-corrected chi connectivity index (χ1v) is 10.5. The van der Waals surface area contributed by atoms with E-state index < -0.39 is 0 Å². The van der Waals surface area contributed by atoms with Gasteiger partial charge in [-0.25, -0.2) is 9.97 Å². The number of nitrogens with zero attached hydrogens (tertiary/aromatic N) is 3. The molecule has 0 unspecified atom stereocenters. The molecule has 2 heterocycles. The first kappa shape index (κ1) is 19.7. The fourth-order valence-electron chi connectivity index (χ4n) is 2.99. The molecule has 0 spiro atoms. The smallest absolute Gasteiger partial charge is 0.254 e. The molecule has 0 atom stereocenters. The van der Waals surface area contributed by atoms with Gasteiger partial charge >= 0.3 is 0 Å². The van der Waals surface area contributed by atoms with Crippen molar-refractivity contribution in [1.82, 2.24) is 19.9 Å². The van der Waals surface area contributed by atoms with Crippen molar-refractivity contribution in [3.63, 3.8) is 0 Å². The zero-order valence-corrected chi connectivity index (χ0v) is 17.0. The number of thiazole rings is 1. The lowest BCUT2D eigenvalue weighted by atomic mass is 10.1. The van der Waals surface area contributed by atoms with E-state index in [4.69, 9.17) is 0 Å². The molecule has 0 bridgehead atoms. The second kappa shape index (κ2) is 9.28. The van der Waals surface area contributed by atoms with Crippen LogP contribution in [-0.4, -0.2) is 27.0 Å². The normalized spacial score (nSPS) is 10.7. The van der Waals surface area contributed by atoms with E-state index in [1.54, 1.807) is 11.3 Å². The van der Waals surface area contributed by atoms with Crippen molar-refractivity contribution < 1.29 is 4.79 Å². The molecule has 4 rings (SSSR count). The van der Waals surface area contributed by atoms with E-state index in [1.165, 1.54) is 17.0 Å². The fraction of sp³-hybridized carbons (Fsp3) is 0.130. The Kier molecular flexibility index (Phi) is 6.10. The van der Waals surface area contributed by atoms with Gasteiger partial charge in [-0.15, -0.1) is 11.3 Å². The standard InChI is InChI=1S/C23H20N4O2S/c28-21(14-27-16-25-20(13-22(27)29)17-7-3-1-4-8-17)24-12-11-19-15-30-23(26-19)18-9-5-2-6-10-18/h1-10,13,15-16H,11-12,14H2,(H,24,28). The summed E-state index contributed by atoms with van der Waals surface area (Å²) in [5.74, 6) is -0.232. The monoisotopic (exact) mass is 416 g/mol. The van der Waals surface area contributed by atoms with Crippen LogP contribution in [0.2, 0.25) is 0 Å². The van der Waals surface area contributed by atoms with Crippen LogP contribution in [0.15, 0.2) is 83.2 Å². The van der Waals surface area contributed by atoms with Gasteiger partial charge in [0.25, 0.3) is 5.56 Å². The summed E-state index contributed by atoms with van der Waals surface area (Å²) >= 11 is 1.59. The Morgan fingerprint density at radius 1 is 1.00 bits per heavy atom. The molecule has 1 amide bonds. The third-order valence-electron chi connectivity index (χ3n) is 4.54. The summed E-state index contributed by atoms with van der Waals surface area (Å²) in [6.07, 6.45) is 2.05. The highest BCUT2D eigenvalue weighted by atomic mass is 32.1. The van der Waals surface area contributed by atoms with E-state index in [0.29, 0.717) is 18.7 Å². The summed E-state index contributed by atoms with van der Waals surface area (Å²) in [6.45, 7) is 0.397. The minimum Gasteiger partial charge on any atom is -0.354 e. The first-order chi connectivity index (χ1) is 14.7. The number of amides is 1. The van der Waals surface area contributed by atoms with E-state index in [2.05, 4.69) is 15.3 Å². The number of aromatic nitrogens is 3. The Morgan fingerprint density at radius 3 is 2.40 bits per heavy atom. The van der Waals surface area contributed by atoms with Gasteiger partial charge in [-0.1, -0.05) is 60.7 Å². The van der Waals surface area contributed by atoms with Crippen molar-refractivity contribution in [3.8, 4) is 21.8 Å². The van der Waals surface area contributed by atoms with Gasteiger partial charge in [-0.2, -0.15) is 0 Å². The maximum atomic E-state index is 12.3. The van der Waals surface area contributed by atoms with E-state index in [-0.39, 0.29) is 18.0 Å². The SMILES string of the molecule is O=C(Cn1cnc(-c2ccccc2)cc1=O)NCCc1csc(-c2ccccc2)n1. The number of carbonyl (C=O) groups is 1. The van der Waals surface area contributed by atoms with Gasteiger partial charge in [0, 0.05) is 35.5 Å². The minimum atomic E-state index is -0.258. The molecule has 4 aromatic rings. The van der Waals surface area contributed by atoms with Gasteiger partial charge in [0.15, 0.2) is 0 Å². The molecule has 2 aromatic carbocycles. The molecule has 6 nitrogen and oxygen atoms in total. The van der Waals surface area contributed by atoms with Gasteiger partial charge in [0.2, 0.25) is 5.91 Å². The van der Waals surface area contributed by atoms with Crippen LogP contribution in [0.4, 0.5) is 0 Å². The molecule has 0 saturated carbocycles. The summed E-state index contributed by atoms with van der Waals surface area (Å²) in [7, 11) is 0. The van der Waals surface area contributed by atoms with E-state index in [9.17, 15) is 9.59 Å². The van der Waals surface area contributed by atoms with Crippen LogP contribution in [0.25, 0.3) is 21.8 Å². The molecule has 2 aromatic heterocycles. The van der Waals surface area contributed by atoms with Crippen LogP contribution >= 0.6 is 11.3 Å². The highest BCUT2D eigenvalue weighted by Gasteiger charge is 2.08. The summed E-state index contributed by atoms with van der Waals surface area (Å²) < 4.78 is 1.30. The second-order valence-corrected chi connectivity index (χ2v) is 7.57. The maximum Gasteiger partial charge on any atom is 0.254 e. The molecule has 0 aliphatic rings. The maximum absolute atomic E-state index is 12.3.